The van der Waals surface area contributed by atoms with E-state index in [2.05, 4.69) is 6.92 Å². The number of carboxylic acids is 2. The van der Waals surface area contributed by atoms with Crippen LogP contribution in [0.25, 0.3) is 0 Å². The van der Waals surface area contributed by atoms with Crippen LogP contribution in [0.3, 0.4) is 0 Å². The summed E-state index contributed by atoms with van der Waals surface area (Å²) in [6.07, 6.45) is 8.01. The van der Waals surface area contributed by atoms with Crippen LogP contribution in [-0.4, -0.2) is 71.1 Å². The van der Waals surface area contributed by atoms with Crippen molar-refractivity contribution < 1.29 is 19.8 Å². The Kier molecular flexibility index (Phi) is 18.4. The van der Waals surface area contributed by atoms with Crippen LogP contribution in [0, 0.1) is 0 Å². The van der Waals surface area contributed by atoms with Crippen molar-refractivity contribution in [2.45, 2.75) is 52.4 Å². The molecule has 2 N–H and O–H groups in total. The maximum atomic E-state index is 9.43. The molecule has 0 rings (SSSR count). The molecule has 0 amide bonds. The van der Waals surface area contributed by atoms with Crippen molar-refractivity contribution in [2.75, 3.05) is 0 Å². The Morgan fingerprint density at radius 2 is 1.38 bits per heavy atom. The first-order valence-corrected chi connectivity index (χ1v) is 8.19. The van der Waals surface area contributed by atoms with Gasteiger partial charge in [-0.05, 0) is 0 Å². The van der Waals surface area contributed by atoms with Gasteiger partial charge in [-0.15, -0.1) is 0 Å². The molecule has 0 aliphatic carbocycles. The summed E-state index contributed by atoms with van der Waals surface area (Å²) < 4.78 is 1.55. The SMILES string of the molecule is CCCCCCC[CH2][K].O=C(O)CC(=O)O. The minimum atomic E-state index is -1.31. The van der Waals surface area contributed by atoms with Crippen molar-refractivity contribution in [3.05, 3.63) is 0 Å². The Labute approximate surface area is 131 Å². The number of aliphatic carboxylic acids is 2. The normalized spacial score (nSPS) is 9.19. The molecule has 0 aromatic heterocycles. The molecule has 0 atom stereocenters. The third-order valence-corrected chi connectivity index (χ3v) is 3.11. The molecule has 0 spiro atoms. The van der Waals surface area contributed by atoms with Crippen LogP contribution >= 0.6 is 0 Å². The fourth-order valence-electron chi connectivity index (χ4n) is 1.16. The van der Waals surface area contributed by atoms with Crippen molar-refractivity contribution in [1.82, 2.24) is 0 Å². The zero-order chi connectivity index (χ0) is 12.8. The van der Waals surface area contributed by atoms with E-state index in [0.717, 1.165) is 49.0 Å². The molecule has 0 aromatic carbocycles. The first-order valence-electron chi connectivity index (χ1n) is 5.98. The molecule has 0 aliphatic rings. The topological polar surface area (TPSA) is 74.6 Å². The van der Waals surface area contributed by atoms with Gasteiger partial charge in [0.05, 0.1) is 0 Å². The third kappa shape index (κ3) is 24.0. The minimum Gasteiger partial charge on any atom is -0.481 e. The monoisotopic (exact) mass is 256 g/mol. The molecule has 5 heteroatoms. The Balaban J connectivity index is 0. The maximum absolute atomic E-state index is 9.43. The fraction of sp³-hybridized carbons (Fsp3) is 0.818. The molecule has 0 saturated heterocycles. The van der Waals surface area contributed by atoms with E-state index in [1.807, 2.05) is 0 Å². The second-order valence-electron chi connectivity index (χ2n) is 3.73. The second kappa shape index (κ2) is 15.6. The summed E-state index contributed by atoms with van der Waals surface area (Å²) in [4.78, 5) is 18.9. The molecule has 4 nitrogen and oxygen atoms in total. The second-order valence-corrected chi connectivity index (χ2v) is 5.29. The van der Waals surface area contributed by atoms with Gasteiger partial charge in [-0.2, -0.15) is 0 Å². The number of hydrogen-bond acceptors (Lipinski definition) is 2. The number of rotatable bonds is 8. The molecule has 0 heterocycles. The van der Waals surface area contributed by atoms with Crippen LogP contribution in [0.2, 0.25) is 0.515 Å². The van der Waals surface area contributed by atoms with E-state index in [-0.39, 0.29) is 0 Å². The molecule has 0 aliphatic heterocycles. The summed E-state index contributed by atoms with van der Waals surface area (Å²) in [6, 6.07) is 0. The molecule has 0 bridgehead atoms. The summed E-state index contributed by atoms with van der Waals surface area (Å²) in [5, 5.41) is 15.4. The maximum Gasteiger partial charge on any atom is 0.314 e. The average Bonchev–Trinajstić information content (AvgIpc) is 2.16. The number of hydrogen-bond donors (Lipinski definition) is 2. The van der Waals surface area contributed by atoms with Crippen LogP contribution in [0.4, 0.5) is 0 Å². The standard InChI is InChI=1S/C8H17.C3H4O4.K/c1-3-5-7-8-6-4-2;4-2(5)1-3(6)7;/h1,3-8H2,2H3;1H2,(H,4,5)(H,6,7);. The van der Waals surface area contributed by atoms with E-state index in [1.165, 1.54) is 38.5 Å². The summed E-state index contributed by atoms with van der Waals surface area (Å²) >= 11 is 1.11. The molecular weight excluding hydrogens is 235 g/mol. The summed E-state index contributed by atoms with van der Waals surface area (Å²) in [6.45, 7) is 2.27. The molecular formula is C11H21KO4. The van der Waals surface area contributed by atoms with Crippen LogP contribution in [0.15, 0.2) is 0 Å². The van der Waals surface area contributed by atoms with Gasteiger partial charge in [-0.25, -0.2) is 0 Å². The van der Waals surface area contributed by atoms with Crippen molar-refractivity contribution in [2.24, 2.45) is 0 Å². The van der Waals surface area contributed by atoms with E-state index in [9.17, 15) is 9.59 Å². The van der Waals surface area contributed by atoms with E-state index in [0.29, 0.717) is 0 Å². The van der Waals surface area contributed by atoms with Crippen LogP contribution in [-0.2, 0) is 9.59 Å². The summed E-state index contributed by atoms with van der Waals surface area (Å²) in [5.74, 6) is -2.62. The first kappa shape index (κ1) is 18.9. The predicted octanol–water partition coefficient (Wildman–Crippen LogP) is 2.48. The Morgan fingerprint density at radius 3 is 1.69 bits per heavy atom. The van der Waals surface area contributed by atoms with Crippen molar-refractivity contribution in [1.29, 1.82) is 0 Å². The first-order chi connectivity index (χ1) is 7.54. The molecule has 16 heavy (non-hydrogen) atoms. The smallest absolute Gasteiger partial charge is 0.314 e. The molecule has 0 radical (unpaired) electrons. The van der Waals surface area contributed by atoms with Gasteiger partial charge in [-0.1, -0.05) is 0 Å². The van der Waals surface area contributed by atoms with Crippen molar-refractivity contribution in [3.8, 4) is 0 Å². The number of carboxylic acid groups (broad SMARTS) is 2. The zero-order valence-corrected chi connectivity index (χ0v) is 13.5. The average molecular weight is 256 g/mol. The minimum absolute atomic E-state index is 0.806. The van der Waals surface area contributed by atoms with Gasteiger partial charge in [0.2, 0.25) is 0 Å². The van der Waals surface area contributed by atoms with Gasteiger partial charge in [-0.3, -0.25) is 9.59 Å². The van der Waals surface area contributed by atoms with Gasteiger partial charge in [0.25, 0.3) is 0 Å². The Morgan fingerprint density at radius 1 is 0.938 bits per heavy atom. The van der Waals surface area contributed by atoms with Crippen LogP contribution in [0.1, 0.15) is 51.9 Å². The zero-order valence-electron chi connectivity index (χ0n) is 10.4. The molecule has 0 unspecified atom stereocenters. The third-order valence-electron chi connectivity index (χ3n) is 2.01. The largest absolute Gasteiger partial charge is 0.481 e. The van der Waals surface area contributed by atoms with Gasteiger partial charge >= 0.3 is 107 Å². The van der Waals surface area contributed by atoms with Crippen LogP contribution in [0.5, 0.6) is 0 Å². The van der Waals surface area contributed by atoms with E-state index in [1.54, 1.807) is 0.515 Å². The van der Waals surface area contributed by atoms with E-state index in [4.69, 9.17) is 10.2 Å². The fourth-order valence-corrected chi connectivity index (χ4v) is 1.94. The van der Waals surface area contributed by atoms with E-state index >= 15 is 0 Å². The molecule has 0 aromatic rings. The quantitative estimate of drug-likeness (QED) is 0.397. The van der Waals surface area contributed by atoms with Gasteiger partial charge in [0, 0.05) is 0 Å². The predicted molar refractivity (Wildman–Crippen MR) is 63.8 cm³/mol. The number of unbranched alkanes of at least 4 members (excludes halogenated alkanes) is 5. The summed E-state index contributed by atoms with van der Waals surface area (Å²) in [7, 11) is 0. The molecule has 0 fully saturated rings. The Bertz CT molecular complexity index is 165. The van der Waals surface area contributed by atoms with Crippen molar-refractivity contribution >= 4 is 60.9 Å². The van der Waals surface area contributed by atoms with Gasteiger partial charge < -0.3 is 10.2 Å². The van der Waals surface area contributed by atoms with Crippen LogP contribution < -0.4 is 0 Å². The summed E-state index contributed by atoms with van der Waals surface area (Å²) in [5.41, 5.74) is 0. The molecule has 0 saturated carbocycles. The van der Waals surface area contributed by atoms with Crippen molar-refractivity contribution in [3.63, 3.8) is 0 Å². The van der Waals surface area contributed by atoms with Gasteiger partial charge in [0.15, 0.2) is 0 Å². The molecule has 90 valence electrons. The van der Waals surface area contributed by atoms with Gasteiger partial charge in [0.1, 0.15) is 6.42 Å². The number of carbonyl (C=O) groups is 2. The van der Waals surface area contributed by atoms with E-state index < -0.39 is 18.4 Å². The Hall–Kier alpha value is 0.576.